The zero-order chi connectivity index (χ0) is 15.9. The Bertz CT molecular complexity index is 662. The van der Waals surface area contributed by atoms with Gasteiger partial charge in [0.15, 0.2) is 12.4 Å². The maximum atomic E-state index is 11.8. The number of hydrogen-bond acceptors (Lipinski definition) is 3. The lowest BCUT2D eigenvalue weighted by Crippen LogP contribution is -2.20. The number of carbonyl (C=O) groups is 2. The van der Waals surface area contributed by atoms with Crippen LogP contribution < -0.4 is 10.1 Å². The van der Waals surface area contributed by atoms with Gasteiger partial charge >= 0.3 is 0 Å². The number of Topliss-reactive ketones (excluding diaryl/α,β-unsaturated/α-hetero) is 1. The van der Waals surface area contributed by atoms with Crippen LogP contribution in [0.3, 0.4) is 0 Å². The van der Waals surface area contributed by atoms with Crippen molar-refractivity contribution >= 4 is 17.4 Å². The standard InChI is InChI=1S/C18H19NO3/c1-3-17(20)14-7-9-16(10-8-14)22-12-18(21)19-15-6-4-5-13(2)11-15/h4-11H,3,12H2,1-2H3,(H,19,21). The summed E-state index contributed by atoms with van der Waals surface area (Å²) >= 11 is 0. The minimum Gasteiger partial charge on any atom is -0.484 e. The molecule has 0 atom stereocenters. The number of amides is 1. The molecule has 2 aromatic rings. The number of hydrogen-bond donors (Lipinski definition) is 1. The fraction of sp³-hybridized carbons (Fsp3) is 0.222. The van der Waals surface area contributed by atoms with E-state index < -0.39 is 0 Å². The minimum absolute atomic E-state index is 0.0744. The van der Waals surface area contributed by atoms with Gasteiger partial charge in [-0.2, -0.15) is 0 Å². The van der Waals surface area contributed by atoms with Crippen LogP contribution in [-0.4, -0.2) is 18.3 Å². The maximum Gasteiger partial charge on any atom is 0.262 e. The van der Waals surface area contributed by atoms with Crippen LogP contribution in [0, 0.1) is 6.92 Å². The zero-order valence-corrected chi connectivity index (χ0v) is 12.8. The molecule has 0 unspecified atom stereocenters. The molecule has 0 bridgehead atoms. The predicted octanol–water partition coefficient (Wildman–Crippen LogP) is 3.61. The van der Waals surface area contributed by atoms with Gasteiger partial charge in [0.25, 0.3) is 5.91 Å². The van der Waals surface area contributed by atoms with E-state index in [0.717, 1.165) is 11.3 Å². The van der Waals surface area contributed by atoms with Gasteiger partial charge in [0.1, 0.15) is 5.75 Å². The Morgan fingerprint density at radius 3 is 2.45 bits per heavy atom. The number of ether oxygens (including phenoxy) is 1. The first kappa shape index (κ1) is 15.8. The van der Waals surface area contributed by atoms with E-state index in [0.29, 0.717) is 17.7 Å². The molecule has 0 fully saturated rings. The van der Waals surface area contributed by atoms with Gasteiger partial charge < -0.3 is 10.1 Å². The molecule has 114 valence electrons. The van der Waals surface area contributed by atoms with Gasteiger partial charge in [-0.1, -0.05) is 19.1 Å². The topological polar surface area (TPSA) is 55.4 Å². The number of rotatable bonds is 6. The molecule has 0 aromatic heterocycles. The van der Waals surface area contributed by atoms with Crippen molar-refractivity contribution in [2.75, 3.05) is 11.9 Å². The van der Waals surface area contributed by atoms with Crippen LogP contribution in [0.4, 0.5) is 5.69 Å². The predicted molar refractivity (Wildman–Crippen MR) is 86.4 cm³/mol. The Balaban J connectivity index is 1.87. The molecule has 1 amide bonds. The summed E-state index contributed by atoms with van der Waals surface area (Å²) in [5.74, 6) is 0.426. The summed E-state index contributed by atoms with van der Waals surface area (Å²) in [4.78, 5) is 23.3. The Labute approximate surface area is 130 Å². The minimum atomic E-state index is -0.223. The van der Waals surface area contributed by atoms with Crippen LogP contribution in [0.5, 0.6) is 5.75 Å². The Hall–Kier alpha value is -2.62. The van der Waals surface area contributed by atoms with E-state index in [1.54, 1.807) is 24.3 Å². The van der Waals surface area contributed by atoms with Crippen molar-refractivity contribution in [3.63, 3.8) is 0 Å². The van der Waals surface area contributed by atoms with Crippen molar-refractivity contribution in [3.8, 4) is 5.75 Å². The molecule has 1 N–H and O–H groups in total. The number of nitrogens with one attached hydrogen (secondary N) is 1. The van der Waals surface area contributed by atoms with Gasteiger partial charge in [0, 0.05) is 17.7 Å². The Kier molecular flexibility index (Phi) is 5.31. The van der Waals surface area contributed by atoms with Crippen molar-refractivity contribution in [1.82, 2.24) is 0 Å². The van der Waals surface area contributed by atoms with Gasteiger partial charge in [-0.15, -0.1) is 0 Å². The molecule has 4 heteroatoms. The number of anilines is 1. The highest BCUT2D eigenvalue weighted by atomic mass is 16.5. The fourth-order valence-corrected chi connectivity index (χ4v) is 2.01. The van der Waals surface area contributed by atoms with Gasteiger partial charge in [-0.05, 0) is 48.9 Å². The molecule has 0 radical (unpaired) electrons. The van der Waals surface area contributed by atoms with Crippen molar-refractivity contribution in [2.45, 2.75) is 20.3 Å². The molecule has 22 heavy (non-hydrogen) atoms. The SMILES string of the molecule is CCC(=O)c1ccc(OCC(=O)Nc2cccc(C)c2)cc1. The average Bonchev–Trinajstić information content (AvgIpc) is 2.52. The monoisotopic (exact) mass is 297 g/mol. The number of aryl methyl sites for hydroxylation is 1. The summed E-state index contributed by atoms with van der Waals surface area (Å²) < 4.78 is 5.42. The van der Waals surface area contributed by atoms with Crippen LogP contribution in [0.2, 0.25) is 0 Å². The summed E-state index contributed by atoms with van der Waals surface area (Å²) in [5, 5.41) is 2.77. The highest BCUT2D eigenvalue weighted by Gasteiger charge is 2.06. The normalized spacial score (nSPS) is 10.1. The van der Waals surface area contributed by atoms with Crippen LogP contribution in [0.1, 0.15) is 29.3 Å². The summed E-state index contributed by atoms with van der Waals surface area (Å²) in [7, 11) is 0. The zero-order valence-electron chi connectivity index (χ0n) is 12.8. The molecule has 0 heterocycles. The van der Waals surface area contributed by atoms with Gasteiger partial charge in [-0.25, -0.2) is 0 Å². The molecule has 0 spiro atoms. The van der Waals surface area contributed by atoms with Gasteiger partial charge in [0.05, 0.1) is 0 Å². The molecule has 2 rings (SSSR count). The van der Waals surface area contributed by atoms with Crippen LogP contribution in [0.25, 0.3) is 0 Å². The molecule has 0 aliphatic heterocycles. The van der Waals surface area contributed by atoms with E-state index in [1.165, 1.54) is 0 Å². The number of ketones is 1. The first-order chi connectivity index (χ1) is 10.6. The third kappa shape index (κ3) is 4.45. The number of benzene rings is 2. The average molecular weight is 297 g/mol. The van der Waals surface area contributed by atoms with Crippen LogP contribution in [0.15, 0.2) is 48.5 Å². The second kappa shape index (κ2) is 7.41. The highest BCUT2D eigenvalue weighted by molar-refractivity contribution is 5.96. The van der Waals surface area contributed by atoms with Crippen molar-refractivity contribution in [2.24, 2.45) is 0 Å². The third-order valence-electron chi connectivity index (χ3n) is 3.17. The largest absolute Gasteiger partial charge is 0.484 e. The van der Waals surface area contributed by atoms with E-state index in [2.05, 4.69) is 5.32 Å². The molecular weight excluding hydrogens is 278 g/mol. The molecular formula is C18H19NO3. The summed E-state index contributed by atoms with van der Waals surface area (Å²) in [6.45, 7) is 3.71. The maximum absolute atomic E-state index is 11.8. The molecule has 0 saturated heterocycles. The summed E-state index contributed by atoms with van der Waals surface area (Å²) in [6, 6.07) is 14.4. The first-order valence-electron chi connectivity index (χ1n) is 7.21. The first-order valence-corrected chi connectivity index (χ1v) is 7.21. The molecule has 0 saturated carbocycles. The summed E-state index contributed by atoms with van der Waals surface area (Å²) in [5.41, 5.74) is 2.48. The third-order valence-corrected chi connectivity index (χ3v) is 3.17. The fourth-order valence-electron chi connectivity index (χ4n) is 2.01. The summed E-state index contributed by atoms with van der Waals surface area (Å²) in [6.07, 6.45) is 0.471. The van der Waals surface area contributed by atoms with Gasteiger partial charge in [0.2, 0.25) is 0 Å². The van der Waals surface area contributed by atoms with E-state index in [4.69, 9.17) is 4.74 Å². The van der Waals surface area contributed by atoms with E-state index in [9.17, 15) is 9.59 Å². The van der Waals surface area contributed by atoms with Crippen molar-refractivity contribution in [1.29, 1.82) is 0 Å². The van der Waals surface area contributed by atoms with Crippen molar-refractivity contribution < 1.29 is 14.3 Å². The van der Waals surface area contributed by atoms with E-state index in [1.807, 2.05) is 38.1 Å². The lowest BCUT2D eigenvalue weighted by molar-refractivity contribution is -0.118. The van der Waals surface area contributed by atoms with E-state index in [-0.39, 0.29) is 18.3 Å². The quantitative estimate of drug-likeness (QED) is 0.829. The molecule has 2 aromatic carbocycles. The van der Waals surface area contributed by atoms with Crippen LogP contribution in [-0.2, 0) is 4.79 Å². The van der Waals surface area contributed by atoms with Crippen LogP contribution >= 0.6 is 0 Å². The second-order valence-corrected chi connectivity index (χ2v) is 5.01. The lowest BCUT2D eigenvalue weighted by atomic mass is 10.1. The number of carbonyl (C=O) groups excluding carboxylic acids is 2. The molecule has 0 aliphatic carbocycles. The highest BCUT2D eigenvalue weighted by Crippen LogP contribution is 2.14. The second-order valence-electron chi connectivity index (χ2n) is 5.01. The Morgan fingerprint density at radius 2 is 1.82 bits per heavy atom. The van der Waals surface area contributed by atoms with E-state index >= 15 is 0 Å². The molecule has 4 nitrogen and oxygen atoms in total. The lowest BCUT2D eigenvalue weighted by Gasteiger charge is -2.08. The Morgan fingerprint density at radius 1 is 1.09 bits per heavy atom. The smallest absolute Gasteiger partial charge is 0.262 e. The van der Waals surface area contributed by atoms with Crippen molar-refractivity contribution in [3.05, 3.63) is 59.7 Å². The van der Waals surface area contributed by atoms with Gasteiger partial charge in [-0.3, -0.25) is 9.59 Å². The molecule has 0 aliphatic rings.